The molecule has 0 radical (unpaired) electrons. The van der Waals surface area contributed by atoms with E-state index in [4.69, 9.17) is 0 Å². The zero-order valence-corrected chi connectivity index (χ0v) is 9.60. The molecule has 3 atom stereocenters. The molecule has 1 N–H and O–H groups in total. The normalized spacial score (nSPS) is 27.0. The van der Waals surface area contributed by atoms with E-state index in [9.17, 15) is 9.90 Å². The van der Waals surface area contributed by atoms with Crippen molar-refractivity contribution in [2.45, 2.75) is 32.3 Å². The van der Waals surface area contributed by atoms with Crippen molar-refractivity contribution in [2.24, 2.45) is 11.8 Å². The van der Waals surface area contributed by atoms with Gasteiger partial charge in [-0.15, -0.1) is 0 Å². The Kier molecular flexibility index (Phi) is 3.39. The number of aliphatic hydroxyl groups excluding tert-OH is 1. The van der Waals surface area contributed by atoms with Crippen molar-refractivity contribution in [3.8, 4) is 0 Å². The molecule has 86 valence electrons. The summed E-state index contributed by atoms with van der Waals surface area (Å²) in [6.07, 6.45) is 1.92. The minimum Gasteiger partial charge on any atom is -0.388 e. The quantitative estimate of drug-likeness (QED) is 0.847. The van der Waals surface area contributed by atoms with Gasteiger partial charge < -0.3 is 5.11 Å². The largest absolute Gasteiger partial charge is 0.388 e. The van der Waals surface area contributed by atoms with Gasteiger partial charge in [0.15, 0.2) is 0 Å². The molecular weight excluding hydrogens is 200 g/mol. The van der Waals surface area contributed by atoms with Gasteiger partial charge in [0.2, 0.25) is 0 Å². The summed E-state index contributed by atoms with van der Waals surface area (Å²) in [6.45, 7) is 2.09. The minimum absolute atomic E-state index is 0.188. The van der Waals surface area contributed by atoms with E-state index in [1.807, 2.05) is 30.3 Å². The Morgan fingerprint density at radius 1 is 1.38 bits per heavy atom. The van der Waals surface area contributed by atoms with Gasteiger partial charge in [-0.05, 0) is 17.9 Å². The number of hydrogen-bond acceptors (Lipinski definition) is 2. The van der Waals surface area contributed by atoms with Gasteiger partial charge >= 0.3 is 0 Å². The molecule has 1 aliphatic carbocycles. The van der Waals surface area contributed by atoms with Gasteiger partial charge in [-0.2, -0.15) is 0 Å². The second kappa shape index (κ2) is 4.79. The van der Waals surface area contributed by atoms with Gasteiger partial charge in [0.25, 0.3) is 0 Å². The maximum atomic E-state index is 11.8. The van der Waals surface area contributed by atoms with E-state index >= 15 is 0 Å². The van der Waals surface area contributed by atoms with E-state index in [1.165, 1.54) is 0 Å². The van der Waals surface area contributed by atoms with Gasteiger partial charge in [-0.25, -0.2) is 0 Å². The Balaban J connectivity index is 2.20. The topological polar surface area (TPSA) is 37.3 Å². The van der Waals surface area contributed by atoms with Crippen LogP contribution in [-0.2, 0) is 4.79 Å². The molecule has 1 saturated carbocycles. The van der Waals surface area contributed by atoms with Crippen LogP contribution in [0.25, 0.3) is 0 Å². The van der Waals surface area contributed by atoms with Crippen LogP contribution in [-0.4, -0.2) is 10.9 Å². The summed E-state index contributed by atoms with van der Waals surface area (Å²) in [5.41, 5.74) is 0.862. The summed E-state index contributed by atoms with van der Waals surface area (Å²) in [4.78, 5) is 11.8. The lowest BCUT2D eigenvalue weighted by molar-refractivity contribution is -0.124. The van der Waals surface area contributed by atoms with E-state index in [-0.39, 0.29) is 11.7 Å². The number of aliphatic hydroxyl groups is 1. The Hall–Kier alpha value is -1.15. The van der Waals surface area contributed by atoms with Crippen molar-refractivity contribution in [2.75, 3.05) is 0 Å². The van der Waals surface area contributed by atoms with Crippen molar-refractivity contribution < 1.29 is 9.90 Å². The first-order valence-electron chi connectivity index (χ1n) is 5.99. The highest BCUT2D eigenvalue weighted by atomic mass is 16.3. The number of hydrogen-bond donors (Lipinski definition) is 1. The first-order valence-corrected chi connectivity index (χ1v) is 5.99. The number of benzene rings is 1. The maximum absolute atomic E-state index is 11.8. The number of rotatable bonds is 3. The fourth-order valence-corrected chi connectivity index (χ4v) is 2.69. The molecule has 0 saturated heterocycles. The number of carbonyl (C=O) groups is 1. The van der Waals surface area contributed by atoms with Crippen molar-refractivity contribution in [3.63, 3.8) is 0 Å². The Labute approximate surface area is 96.3 Å². The standard InChI is InChI=1S/C14H18O2/c1-2-10-8-9-12(15)13(10)14(16)11-6-4-3-5-7-11/h3-7,10,13-14,16H,2,8-9H2,1H3/t10-,13+,14+/m1/s1. The van der Waals surface area contributed by atoms with Crippen LogP contribution in [0.1, 0.15) is 37.9 Å². The van der Waals surface area contributed by atoms with E-state index in [0.717, 1.165) is 18.4 Å². The average molecular weight is 218 g/mol. The molecule has 0 aromatic heterocycles. The third-order valence-corrected chi connectivity index (χ3v) is 3.65. The van der Waals surface area contributed by atoms with Crippen molar-refractivity contribution in [1.29, 1.82) is 0 Å². The van der Waals surface area contributed by atoms with Gasteiger partial charge in [-0.1, -0.05) is 43.7 Å². The molecule has 16 heavy (non-hydrogen) atoms. The fraction of sp³-hybridized carbons (Fsp3) is 0.500. The first-order chi connectivity index (χ1) is 7.74. The third-order valence-electron chi connectivity index (χ3n) is 3.65. The molecule has 0 aliphatic heterocycles. The van der Waals surface area contributed by atoms with E-state index in [0.29, 0.717) is 12.3 Å². The van der Waals surface area contributed by atoms with Crippen LogP contribution >= 0.6 is 0 Å². The van der Waals surface area contributed by atoms with E-state index in [1.54, 1.807) is 0 Å². The highest BCUT2D eigenvalue weighted by Crippen LogP contribution is 2.39. The highest BCUT2D eigenvalue weighted by molar-refractivity contribution is 5.84. The van der Waals surface area contributed by atoms with Gasteiger partial charge in [0.1, 0.15) is 5.78 Å². The molecule has 1 fully saturated rings. The third kappa shape index (κ3) is 2.03. The molecule has 2 rings (SSSR count). The van der Waals surface area contributed by atoms with Crippen LogP contribution in [0.5, 0.6) is 0 Å². The second-order valence-corrected chi connectivity index (χ2v) is 4.55. The average Bonchev–Trinajstić information content (AvgIpc) is 2.70. The molecule has 0 heterocycles. The SMILES string of the molecule is CC[C@@H]1CCC(=O)[C@H]1[C@@H](O)c1ccccc1. The number of ketones is 1. The zero-order chi connectivity index (χ0) is 11.5. The first kappa shape index (κ1) is 11.3. The monoisotopic (exact) mass is 218 g/mol. The van der Waals surface area contributed by atoms with Crippen LogP contribution < -0.4 is 0 Å². The van der Waals surface area contributed by atoms with Crippen LogP contribution in [0.2, 0.25) is 0 Å². The predicted octanol–water partition coefficient (Wildman–Crippen LogP) is 2.73. The molecule has 2 nitrogen and oxygen atoms in total. The van der Waals surface area contributed by atoms with Crippen LogP contribution in [0.3, 0.4) is 0 Å². The van der Waals surface area contributed by atoms with E-state index in [2.05, 4.69) is 6.92 Å². The number of carbonyl (C=O) groups excluding carboxylic acids is 1. The maximum Gasteiger partial charge on any atom is 0.139 e. The zero-order valence-electron chi connectivity index (χ0n) is 9.60. The molecule has 1 aromatic carbocycles. The summed E-state index contributed by atoms with van der Waals surface area (Å²) in [7, 11) is 0. The number of Topliss-reactive ketones (excluding diaryl/α,β-unsaturated/α-hetero) is 1. The molecule has 2 heteroatoms. The van der Waals surface area contributed by atoms with E-state index < -0.39 is 6.10 Å². The second-order valence-electron chi connectivity index (χ2n) is 4.55. The van der Waals surface area contributed by atoms with Crippen molar-refractivity contribution >= 4 is 5.78 Å². The van der Waals surface area contributed by atoms with Gasteiger partial charge in [0.05, 0.1) is 12.0 Å². The molecule has 1 aliphatic rings. The summed E-state index contributed by atoms with van der Waals surface area (Å²) in [6, 6.07) is 9.51. The van der Waals surface area contributed by atoms with Gasteiger partial charge in [-0.3, -0.25) is 4.79 Å². The lowest BCUT2D eigenvalue weighted by Gasteiger charge is -2.22. The lowest BCUT2D eigenvalue weighted by Crippen LogP contribution is -2.22. The molecule has 0 spiro atoms. The lowest BCUT2D eigenvalue weighted by atomic mass is 9.85. The summed E-state index contributed by atoms with van der Waals surface area (Å²) in [5.74, 6) is 0.387. The molecular formula is C14H18O2. The molecule has 0 amide bonds. The van der Waals surface area contributed by atoms with Crippen LogP contribution in [0, 0.1) is 11.8 Å². The molecule has 0 unspecified atom stereocenters. The Morgan fingerprint density at radius 2 is 2.06 bits per heavy atom. The molecule has 1 aromatic rings. The van der Waals surface area contributed by atoms with Crippen LogP contribution in [0.4, 0.5) is 0 Å². The fourth-order valence-electron chi connectivity index (χ4n) is 2.69. The Bertz CT molecular complexity index is 358. The minimum atomic E-state index is -0.624. The predicted molar refractivity (Wildman–Crippen MR) is 62.9 cm³/mol. The summed E-state index contributed by atoms with van der Waals surface area (Å²) < 4.78 is 0. The van der Waals surface area contributed by atoms with Crippen molar-refractivity contribution in [1.82, 2.24) is 0 Å². The summed E-state index contributed by atoms with van der Waals surface area (Å²) in [5, 5.41) is 10.3. The summed E-state index contributed by atoms with van der Waals surface area (Å²) >= 11 is 0. The van der Waals surface area contributed by atoms with Crippen LogP contribution in [0.15, 0.2) is 30.3 Å². The Morgan fingerprint density at radius 3 is 2.69 bits per heavy atom. The van der Waals surface area contributed by atoms with Gasteiger partial charge in [0, 0.05) is 6.42 Å². The smallest absolute Gasteiger partial charge is 0.139 e. The molecule has 0 bridgehead atoms. The van der Waals surface area contributed by atoms with Crippen molar-refractivity contribution in [3.05, 3.63) is 35.9 Å². The highest BCUT2D eigenvalue weighted by Gasteiger charge is 2.38.